The van der Waals surface area contributed by atoms with E-state index < -0.39 is 0 Å². The van der Waals surface area contributed by atoms with Crippen molar-refractivity contribution in [3.8, 4) is 0 Å². The Hall–Kier alpha value is -2.03. The fourth-order valence-corrected chi connectivity index (χ4v) is 2.98. The van der Waals surface area contributed by atoms with Gasteiger partial charge >= 0.3 is 0 Å². The third kappa shape index (κ3) is 5.26. The number of nitrogens with zero attached hydrogens (tertiary/aromatic N) is 1. The summed E-state index contributed by atoms with van der Waals surface area (Å²) in [6.45, 7) is 7.37. The van der Waals surface area contributed by atoms with Crippen LogP contribution < -0.4 is 0 Å². The first-order chi connectivity index (χ1) is 11.6. The van der Waals surface area contributed by atoms with Crippen molar-refractivity contribution in [3.63, 3.8) is 0 Å². The van der Waals surface area contributed by atoms with E-state index >= 15 is 0 Å². The van der Waals surface area contributed by atoms with Crippen LogP contribution in [-0.2, 0) is 17.9 Å². The van der Waals surface area contributed by atoms with Gasteiger partial charge in [-0.2, -0.15) is 0 Å². The monoisotopic (exact) mass is 327 g/mol. The van der Waals surface area contributed by atoms with Gasteiger partial charge in [0.1, 0.15) is 11.5 Å². The number of furan rings is 1. The lowest BCUT2D eigenvalue weighted by Crippen LogP contribution is -2.35. The van der Waals surface area contributed by atoms with Crippen LogP contribution in [0.25, 0.3) is 0 Å². The molecular formula is C21H29NO2. The van der Waals surface area contributed by atoms with Crippen molar-refractivity contribution in [2.24, 2.45) is 5.92 Å². The molecule has 24 heavy (non-hydrogen) atoms. The molecule has 1 heterocycles. The predicted molar refractivity (Wildman–Crippen MR) is 97.4 cm³/mol. The number of carbonyl (C=O) groups excluding carboxylic acids is 1. The predicted octanol–water partition coefficient (Wildman–Crippen LogP) is 5.33. The van der Waals surface area contributed by atoms with Crippen molar-refractivity contribution in [1.29, 1.82) is 0 Å². The summed E-state index contributed by atoms with van der Waals surface area (Å²) in [5.74, 6) is 2.07. The first-order valence-corrected chi connectivity index (χ1v) is 9.02. The van der Waals surface area contributed by atoms with E-state index in [1.165, 1.54) is 0 Å². The van der Waals surface area contributed by atoms with Crippen molar-refractivity contribution in [2.75, 3.05) is 0 Å². The molecule has 1 aromatic carbocycles. The summed E-state index contributed by atoms with van der Waals surface area (Å²) < 4.78 is 5.70. The molecule has 0 unspecified atom stereocenters. The SMILES string of the molecule is CCCC[C@H](CC)C(=O)N(Cc1ccccc1)Cc1ccc(C)o1. The van der Waals surface area contributed by atoms with Crippen LogP contribution in [0.5, 0.6) is 0 Å². The molecule has 3 heteroatoms. The lowest BCUT2D eigenvalue weighted by molar-refractivity contribution is -0.137. The Balaban J connectivity index is 2.15. The van der Waals surface area contributed by atoms with E-state index in [9.17, 15) is 4.79 Å². The third-order valence-electron chi connectivity index (χ3n) is 4.42. The Morgan fingerprint density at radius 2 is 1.83 bits per heavy atom. The molecule has 1 atom stereocenters. The van der Waals surface area contributed by atoms with E-state index in [0.29, 0.717) is 13.1 Å². The van der Waals surface area contributed by atoms with Crippen LogP contribution in [0.4, 0.5) is 0 Å². The van der Waals surface area contributed by atoms with Gasteiger partial charge in [-0.05, 0) is 37.5 Å². The summed E-state index contributed by atoms with van der Waals surface area (Å²) in [5, 5.41) is 0. The van der Waals surface area contributed by atoms with Crippen LogP contribution >= 0.6 is 0 Å². The lowest BCUT2D eigenvalue weighted by Gasteiger charge is -2.26. The zero-order valence-corrected chi connectivity index (χ0v) is 15.1. The second-order valence-electron chi connectivity index (χ2n) is 6.44. The maximum atomic E-state index is 13.1. The van der Waals surface area contributed by atoms with Crippen molar-refractivity contribution in [2.45, 2.75) is 59.5 Å². The van der Waals surface area contributed by atoms with Gasteiger partial charge < -0.3 is 9.32 Å². The Labute approximate surface area is 145 Å². The van der Waals surface area contributed by atoms with Crippen molar-refractivity contribution < 1.29 is 9.21 Å². The number of rotatable bonds is 9. The molecule has 0 radical (unpaired) electrons. The summed E-state index contributed by atoms with van der Waals surface area (Å²) >= 11 is 0. The smallest absolute Gasteiger partial charge is 0.226 e. The van der Waals surface area contributed by atoms with Gasteiger partial charge in [-0.1, -0.05) is 57.0 Å². The molecule has 0 N–H and O–H groups in total. The fourth-order valence-electron chi connectivity index (χ4n) is 2.98. The molecule has 3 nitrogen and oxygen atoms in total. The van der Waals surface area contributed by atoms with Gasteiger partial charge in [0.15, 0.2) is 0 Å². The summed E-state index contributed by atoms with van der Waals surface area (Å²) in [7, 11) is 0. The highest BCUT2D eigenvalue weighted by atomic mass is 16.3. The third-order valence-corrected chi connectivity index (χ3v) is 4.42. The molecule has 0 aliphatic heterocycles. The molecule has 0 saturated heterocycles. The maximum Gasteiger partial charge on any atom is 0.226 e. The zero-order chi connectivity index (χ0) is 17.4. The summed E-state index contributed by atoms with van der Waals surface area (Å²) in [5.41, 5.74) is 1.15. The molecule has 2 aromatic rings. The van der Waals surface area contributed by atoms with Gasteiger partial charge in [-0.3, -0.25) is 4.79 Å². The minimum Gasteiger partial charge on any atom is -0.464 e. The average molecular weight is 327 g/mol. The maximum absolute atomic E-state index is 13.1. The molecule has 1 amide bonds. The van der Waals surface area contributed by atoms with Crippen molar-refractivity contribution >= 4 is 5.91 Å². The van der Waals surface area contributed by atoms with Crippen LogP contribution in [0, 0.1) is 12.8 Å². The molecule has 1 aromatic heterocycles. The van der Waals surface area contributed by atoms with E-state index in [0.717, 1.165) is 42.8 Å². The normalized spacial score (nSPS) is 12.1. The molecule has 0 bridgehead atoms. The molecule has 0 aliphatic rings. The number of benzene rings is 1. The highest BCUT2D eigenvalue weighted by Gasteiger charge is 2.23. The second kappa shape index (κ2) is 9.31. The van der Waals surface area contributed by atoms with Crippen LogP contribution in [-0.4, -0.2) is 10.8 Å². The molecule has 0 aliphatic carbocycles. The van der Waals surface area contributed by atoms with Gasteiger partial charge in [0.25, 0.3) is 0 Å². The lowest BCUT2D eigenvalue weighted by atomic mass is 9.97. The van der Waals surface area contributed by atoms with Crippen molar-refractivity contribution in [1.82, 2.24) is 4.90 Å². The topological polar surface area (TPSA) is 33.5 Å². The molecule has 0 fully saturated rings. The number of amides is 1. The van der Waals surface area contributed by atoms with Gasteiger partial charge in [-0.25, -0.2) is 0 Å². The molecule has 2 rings (SSSR count). The van der Waals surface area contributed by atoms with Crippen molar-refractivity contribution in [3.05, 3.63) is 59.5 Å². The van der Waals surface area contributed by atoms with Crippen LogP contribution in [0.1, 0.15) is 56.6 Å². The van der Waals surface area contributed by atoms with Gasteiger partial charge in [0, 0.05) is 12.5 Å². The van der Waals surface area contributed by atoms with Crippen LogP contribution in [0.2, 0.25) is 0 Å². The molecular weight excluding hydrogens is 298 g/mol. The molecule has 0 saturated carbocycles. The minimum absolute atomic E-state index is 0.102. The average Bonchev–Trinajstić information content (AvgIpc) is 3.00. The second-order valence-corrected chi connectivity index (χ2v) is 6.44. The molecule has 0 spiro atoms. The number of hydrogen-bond donors (Lipinski definition) is 0. The van der Waals surface area contributed by atoms with Gasteiger partial charge in [0.2, 0.25) is 5.91 Å². The molecule has 130 valence electrons. The van der Waals surface area contributed by atoms with Crippen LogP contribution in [0.15, 0.2) is 46.9 Å². The Kier molecular flexibility index (Phi) is 7.10. The quantitative estimate of drug-likeness (QED) is 0.623. The number of hydrogen-bond acceptors (Lipinski definition) is 2. The number of carbonyl (C=O) groups is 1. The minimum atomic E-state index is 0.102. The summed E-state index contributed by atoms with van der Waals surface area (Å²) in [4.78, 5) is 15.0. The Morgan fingerprint density at radius 3 is 2.42 bits per heavy atom. The Bertz CT molecular complexity index is 618. The fraction of sp³-hybridized carbons (Fsp3) is 0.476. The summed E-state index contributed by atoms with van der Waals surface area (Å²) in [6.07, 6.45) is 4.08. The van der Waals surface area contributed by atoms with E-state index in [-0.39, 0.29) is 11.8 Å². The Morgan fingerprint density at radius 1 is 1.08 bits per heavy atom. The number of unbranched alkanes of at least 4 members (excludes halogenated alkanes) is 1. The first-order valence-electron chi connectivity index (χ1n) is 9.02. The largest absolute Gasteiger partial charge is 0.464 e. The van der Waals surface area contributed by atoms with E-state index in [4.69, 9.17) is 4.42 Å². The van der Waals surface area contributed by atoms with E-state index in [2.05, 4.69) is 26.0 Å². The van der Waals surface area contributed by atoms with E-state index in [1.54, 1.807) is 0 Å². The van der Waals surface area contributed by atoms with E-state index in [1.807, 2.05) is 42.2 Å². The van der Waals surface area contributed by atoms with Crippen LogP contribution in [0.3, 0.4) is 0 Å². The van der Waals surface area contributed by atoms with Gasteiger partial charge in [0.05, 0.1) is 6.54 Å². The van der Waals surface area contributed by atoms with Gasteiger partial charge in [-0.15, -0.1) is 0 Å². The standard InChI is InChI=1S/C21H29NO2/c1-4-6-12-19(5-2)21(23)22(15-18-10-8-7-9-11-18)16-20-14-13-17(3)24-20/h7-11,13-14,19H,4-6,12,15-16H2,1-3H3/t19-/m0/s1. The zero-order valence-electron chi connectivity index (χ0n) is 15.1. The first kappa shape index (κ1) is 18.3. The summed E-state index contributed by atoms with van der Waals surface area (Å²) in [6, 6.07) is 14.1. The number of aryl methyl sites for hydroxylation is 1. The highest BCUT2D eigenvalue weighted by molar-refractivity contribution is 5.78. The highest BCUT2D eigenvalue weighted by Crippen LogP contribution is 2.20.